The summed E-state index contributed by atoms with van der Waals surface area (Å²) < 4.78 is 0. The lowest BCUT2D eigenvalue weighted by Gasteiger charge is -2.38. The molecule has 1 rings (SSSR count). The lowest BCUT2D eigenvalue weighted by atomic mass is 10.2. The number of aliphatic imine (C=N–C) groups is 1. The van der Waals surface area contributed by atoms with Crippen molar-refractivity contribution in [3.05, 3.63) is 28.6 Å². The van der Waals surface area contributed by atoms with E-state index in [1.807, 2.05) is 0 Å². The second-order valence-corrected chi connectivity index (χ2v) is 4.10. The molecule has 0 radical (unpaired) electrons. The number of carbonyl (C=O) groups is 1. The third kappa shape index (κ3) is 5.24. The van der Waals surface area contributed by atoms with Gasteiger partial charge in [0.25, 0.3) is 0 Å². The summed E-state index contributed by atoms with van der Waals surface area (Å²) in [6.45, 7) is 3.00. The number of amidine groups is 1. The Kier molecular flexibility index (Phi) is 5.87. The molecule has 0 bridgehead atoms. The molecule has 1 aromatic rings. The number of nitrogens with zero attached hydrogens (tertiary/aromatic N) is 3. The molecule has 0 heterocycles. The van der Waals surface area contributed by atoms with Crippen molar-refractivity contribution in [1.82, 2.24) is 5.43 Å². The highest BCUT2D eigenvalue weighted by Crippen LogP contribution is 2.28. The van der Waals surface area contributed by atoms with Crippen LogP contribution in [0, 0.1) is 10.4 Å². The molecule has 0 aliphatic rings. The molecule has 10 heteroatoms. The molecule has 21 heavy (non-hydrogen) atoms. The van der Waals surface area contributed by atoms with Crippen molar-refractivity contribution in [2.75, 3.05) is 22.4 Å². The number of nitrogens with one attached hydrogen (secondary N) is 2. The van der Waals surface area contributed by atoms with E-state index >= 15 is 0 Å². The van der Waals surface area contributed by atoms with E-state index in [1.165, 1.54) is 19.1 Å². The molecule has 10 nitrogen and oxygen atoms in total. The summed E-state index contributed by atoms with van der Waals surface area (Å²) in [5, 5.41) is 38.5. The van der Waals surface area contributed by atoms with Crippen LogP contribution >= 0.6 is 0 Å². The molecule has 0 aliphatic carbocycles. The first-order valence-corrected chi connectivity index (χ1v) is 5.80. The summed E-state index contributed by atoms with van der Waals surface area (Å²) in [5.41, 5.74) is 4.88. The average molecular weight is 297 g/mol. The summed E-state index contributed by atoms with van der Waals surface area (Å²) >= 11 is 0. The van der Waals surface area contributed by atoms with E-state index < -0.39 is 5.23 Å². The largest absolute Gasteiger partial charge is 0.769 e. The number of ketones is 1. The predicted octanol–water partition coefficient (Wildman–Crippen LogP) is 0.997. The molecule has 0 spiro atoms. The number of hydrazine groups is 1. The third-order valence-corrected chi connectivity index (χ3v) is 2.32. The van der Waals surface area contributed by atoms with Crippen LogP contribution in [0.4, 0.5) is 17.1 Å². The smallest absolute Gasteiger partial charge is 0.151 e. The van der Waals surface area contributed by atoms with Gasteiger partial charge >= 0.3 is 0 Å². The van der Waals surface area contributed by atoms with Crippen molar-refractivity contribution in [1.29, 1.82) is 0 Å². The van der Waals surface area contributed by atoms with Gasteiger partial charge in [-0.3, -0.25) is 31.1 Å². The van der Waals surface area contributed by atoms with Gasteiger partial charge < -0.3 is 15.6 Å². The topological polar surface area (TPSA) is 147 Å². The van der Waals surface area contributed by atoms with E-state index in [4.69, 9.17) is 10.4 Å². The van der Waals surface area contributed by atoms with Crippen molar-refractivity contribution in [3.8, 4) is 0 Å². The molecule has 0 atom stereocenters. The van der Waals surface area contributed by atoms with E-state index in [1.54, 1.807) is 6.92 Å². The first-order valence-electron chi connectivity index (χ1n) is 5.80. The number of hydrogen-bond acceptors (Lipinski definition) is 9. The van der Waals surface area contributed by atoms with E-state index in [2.05, 4.69) is 15.8 Å². The summed E-state index contributed by atoms with van der Waals surface area (Å²) in [6, 6.07) is 3.46. The van der Waals surface area contributed by atoms with Crippen molar-refractivity contribution >= 4 is 28.7 Å². The summed E-state index contributed by atoms with van der Waals surface area (Å²) in [4.78, 5) is 14.7. The van der Waals surface area contributed by atoms with Gasteiger partial charge in [0, 0.05) is 5.69 Å². The van der Waals surface area contributed by atoms with Crippen LogP contribution in [0.1, 0.15) is 13.8 Å². The highest BCUT2D eigenvalue weighted by Gasteiger charge is 2.08. The Balaban J connectivity index is 2.83. The van der Waals surface area contributed by atoms with Gasteiger partial charge in [-0.05, 0) is 32.0 Å². The Labute approximate surface area is 120 Å². The maximum absolute atomic E-state index is 10.8. The van der Waals surface area contributed by atoms with Crippen molar-refractivity contribution in [3.63, 3.8) is 0 Å². The van der Waals surface area contributed by atoms with Crippen LogP contribution in [-0.4, -0.2) is 28.6 Å². The monoisotopic (exact) mass is 297 g/mol. The van der Waals surface area contributed by atoms with Gasteiger partial charge in [0.2, 0.25) is 0 Å². The van der Waals surface area contributed by atoms with Crippen LogP contribution in [-0.2, 0) is 4.79 Å². The predicted molar refractivity (Wildman–Crippen MR) is 77.1 cm³/mol. The Bertz CT molecular complexity index is 532. The first-order chi connectivity index (χ1) is 9.81. The van der Waals surface area contributed by atoms with Crippen molar-refractivity contribution in [2.24, 2.45) is 4.99 Å². The van der Waals surface area contributed by atoms with E-state index in [0.29, 0.717) is 5.84 Å². The molecule has 0 aliphatic heterocycles. The van der Waals surface area contributed by atoms with E-state index in [0.717, 1.165) is 6.07 Å². The second kappa shape index (κ2) is 7.40. The summed E-state index contributed by atoms with van der Waals surface area (Å²) in [6.07, 6.45) is 0. The molecule has 0 unspecified atom stereocenters. The molecule has 116 valence electrons. The SMILES string of the molecule is CC(=O)CN=C(C)NNc1ccc(N([O-])[O-])cc1N(O)O. The fourth-order valence-corrected chi connectivity index (χ4v) is 1.33. The minimum atomic E-state index is -0.663. The molecule has 0 saturated heterocycles. The Morgan fingerprint density at radius 2 is 2.00 bits per heavy atom. The molecular weight excluding hydrogens is 282 g/mol. The van der Waals surface area contributed by atoms with Crippen LogP contribution in [0.2, 0.25) is 0 Å². The van der Waals surface area contributed by atoms with Gasteiger partial charge in [-0.25, -0.2) is 0 Å². The molecule has 4 N–H and O–H groups in total. The Hall–Kier alpha value is -2.40. The van der Waals surface area contributed by atoms with Crippen LogP contribution in [0.15, 0.2) is 23.2 Å². The number of benzene rings is 1. The van der Waals surface area contributed by atoms with Crippen LogP contribution in [0.5, 0.6) is 0 Å². The van der Waals surface area contributed by atoms with Gasteiger partial charge in [0.05, 0.1) is 12.2 Å². The normalized spacial score (nSPS) is 11.0. The van der Waals surface area contributed by atoms with E-state index in [-0.39, 0.29) is 34.6 Å². The second-order valence-electron chi connectivity index (χ2n) is 4.10. The zero-order chi connectivity index (χ0) is 16.0. The van der Waals surface area contributed by atoms with Gasteiger partial charge in [0.15, 0.2) is 5.78 Å². The molecule has 1 aromatic carbocycles. The highest BCUT2D eigenvalue weighted by molar-refractivity contribution is 5.86. The fraction of sp³-hybridized carbons (Fsp3) is 0.273. The zero-order valence-electron chi connectivity index (χ0n) is 11.4. The lowest BCUT2D eigenvalue weighted by Crippen LogP contribution is -2.29. The molecular formula is C11H15N5O5-2. The van der Waals surface area contributed by atoms with Gasteiger partial charge in [-0.2, -0.15) is 0 Å². The van der Waals surface area contributed by atoms with Crippen LogP contribution in [0.3, 0.4) is 0 Å². The van der Waals surface area contributed by atoms with Crippen LogP contribution in [0.25, 0.3) is 0 Å². The van der Waals surface area contributed by atoms with Gasteiger partial charge in [-0.1, -0.05) is 0 Å². The maximum Gasteiger partial charge on any atom is 0.151 e. The summed E-state index contributed by atoms with van der Waals surface area (Å²) in [5.74, 6) is 0.279. The van der Waals surface area contributed by atoms with Gasteiger partial charge in [-0.15, -0.1) is 5.23 Å². The molecule has 0 aromatic heterocycles. The number of hydrogen-bond donors (Lipinski definition) is 4. The number of Topliss-reactive ketones (excluding diaryl/α,β-unsaturated/α-hetero) is 1. The van der Waals surface area contributed by atoms with Crippen molar-refractivity contribution in [2.45, 2.75) is 13.8 Å². The zero-order valence-corrected chi connectivity index (χ0v) is 11.4. The fourth-order valence-electron chi connectivity index (χ4n) is 1.33. The average Bonchev–Trinajstić information content (AvgIpc) is 2.42. The number of rotatable bonds is 6. The van der Waals surface area contributed by atoms with E-state index in [9.17, 15) is 15.2 Å². The number of anilines is 3. The molecule has 0 fully saturated rings. The number of carbonyl (C=O) groups excluding carboxylic acids is 1. The Morgan fingerprint density at radius 3 is 2.52 bits per heavy atom. The minimum Gasteiger partial charge on any atom is -0.769 e. The standard InChI is InChI=1S/C11H15N5O5/c1-7(17)6-12-8(2)13-14-10-4-3-9(15(18)19)5-11(10)16(20)21/h3-5,14,20-21H,6H2,1-2H3,(H,12,13)/q-2. The first kappa shape index (κ1) is 16.7. The quantitative estimate of drug-likeness (QED) is 0.343. The molecule has 0 amide bonds. The lowest BCUT2D eigenvalue weighted by molar-refractivity contribution is -0.115. The molecule has 0 saturated carbocycles. The summed E-state index contributed by atoms with van der Waals surface area (Å²) in [7, 11) is 0. The van der Waals surface area contributed by atoms with Gasteiger partial charge in [0.1, 0.15) is 11.5 Å². The van der Waals surface area contributed by atoms with Crippen LogP contribution < -0.4 is 21.3 Å². The Morgan fingerprint density at radius 1 is 1.33 bits per heavy atom. The third-order valence-electron chi connectivity index (χ3n) is 2.32. The highest BCUT2D eigenvalue weighted by atomic mass is 16.8. The maximum atomic E-state index is 10.8. The van der Waals surface area contributed by atoms with Crippen molar-refractivity contribution < 1.29 is 15.2 Å². The minimum absolute atomic E-state index is 0.0136.